The van der Waals surface area contributed by atoms with Crippen molar-refractivity contribution in [2.45, 2.75) is 30.9 Å². The molecule has 1 rings (SSSR count). The van der Waals surface area contributed by atoms with E-state index in [4.69, 9.17) is 5.26 Å². The minimum Gasteiger partial charge on any atom is -0.300 e. The zero-order valence-electron chi connectivity index (χ0n) is 6.59. The molecule has 0 bridgehead atoms. The van der Waals surface area contributed by atoms with Crippen LogP contribution in [0.15, 0.2) is 0 Å². The van der Waals surface area contributed by atoms with Gasteiger partial charge in [0.15, 0.2) is 0 Å². The third-order valence-electron chi connectivity index (χ3n) is 1.75. The van der Waals surface area contributed by atoms with Crippen LogP contribution in [0, 0.1) is 11.3 Å². The molecule has 1 fully saturated rings. The zero-order chi connectivity index (χ0) is 8.32. The molecule has 0 radical (unpaired) electrons. The van der Waals surface area contributed by atoms with Crippen molar-refractivity contribution in [1.29, 1.82) is 5.26 Å². The molecule has 0 N–H and O–H groups in total. The Morgan fingerprint density at radius 1 is 1.73 bits per heavy atom. The van der Waals surface area contributed by atoms with Crippen LogP contribution in [0.2, 0.25) is 0 Å². The maximum absolute atomic E-state index is 10.7. The molecule has 1 saturated carbocycles. The van der Waals surface area contributed by atoms with Crippen LogP contribution in [0.4, 0.5) is 0 Å². The highest BCUT2D eigenvalue weighted by Gasteiger charge is 2.44. The summed E-state index contributed by atoms with van der Waals surface area (Å²) in [5, 5.41) is 8.76. The fraction of sp³-hybridized carbons (Fsp3) is 0.750. The van der Waals surface area contributed by atoms with E-state index < -0.39 is 0 Å². The van der Waals surface area contributed by atoms with Gasteiger partial charge in [0.05, 0.1) is 6.07 Å². The monoisotopic (exact) mass is 169 g/mol. The Morgan fingerprint density at radius 2 is 2.36 bits per heavy atom. The molecule has 2 nitrogen and oxygen atoms in total. The van der Waals surface area contributed by atoms with Gasteiger partial charge in [-0.15, -0.1) is 11.8 Å². The molecule has 11 heavy (non-hydrogen) atoms. The summed E-state index contributed by atoms with van der Waals surface area (Å²) in [5.74, 6) is 1.22. The van der Waals surface area contributed by atoms with Crippen LogP contribution in [-0.4, -0.2) is 16.3 Å². The first-order chi connectivity index (χ1) is 5.22. The molecular formula is C8H11NOS. The number of carbonyl (C=O) groups is 1. The molecule has 0 aromatic heterocycles. The maximum Gasteiger partial charge on any atom is 0.137 e. The second-order valence-corrected chi connectivity index (χ2v) is 4.33. The molecule has 0 aliphatic heterocycles. The van der Waals surface area contributed by atoms with E-state index in [2.05, 4.69) is 13.0 Å². The highest BCUT2D eigenvalue weighted by Crippen LogP contribution is 2.41. The summed E-state index contributed by atoms with van der Waals surface area (Å²) in [5.41, 5.74) is 0. The van der Waals surface area contributed by atoms with E-state index in [1.54, 1.807) is 11.8 Å². The topological polar surface area (TPSA) is 40.9 Å². The van der Waals surface area contributed by atoms with E-state index in [1.165, 1.54) is 0 Å². The van der Waals surface area contributed by atoms with Crippen molar-refractivity contribution in [2.24, 2.45) is 0 Å². The Bertz CT molecular complexity index is 199. The molecule has 1 aliphatic carbocycles. The Hall–Kier alpha value is -0.490. The smallest absolute Gasteiger partial charge is 0.137 e. The fourth-order valence-electron chi connectivity index (χ4n) is 1.10. The summed E-state index contributed by atoms with van der Waals surface area (Å²) in [4.78, 5) is 10.7. The molecule has 0 saturated heterocycles. The van der Waals surface area contributed by atoms with E-state index in [-0.39, 0.29) is 10.5 Å². The lowest BCUT2D eigenvalue weighted by atomic mass is 9.84. The Kier molecular flexibility index (Phi) is 2.56. The van der Waals surface area contributed by atoms with E-state index in [1.807, 2.05) is 0 Å². The van der Waals surface area contributed by atoms with Crippen molar-refractivity contribution in [2.75, 3.05) is 5.75 Å². The predicted molar refractivity (Wildman–Crippen MR) is 45.3 cm³/mol. The number of Topliss-reactive ketones (excluding diaryl/α,β-unsaturated/α-hetero) is 1. The second kappa shape index (κ2) is 3.27. The van der Waals surface area contributed by atoms with Gasteiger partial charge in [0.1, 0.15) is 10.5 Å². The fourth-order valence-corrected chi connectivity index (χ4v) is 2.28. The van der Waals surface area contributed by atoms with Crippen LogP contribution >= 0.6 is 11.8 Å². The highest BCUT2D eigenvalue weighted by atomic mass is 32.2. The van der Waals surface area contributed by atoms with Gasteiger partial charge in [0.2, 0.25) is 0 Å². The number of nitriles is 1. The van der Waals surface area contributed by atoms with E-state index in [0.717, 1.165) is 12.2 Å². The third kappa shape index (κ3) is 1.75. The minimum atomic E-state index is -0.340. The average molecular weight is 169 g/mol. The van der Waals surface area contributed by atoms with Crippen LogP contribution in [0.5, 0.6) is 0 Å². The highest BCUT2D eigenvalue weighted by molar-refractivity contribution is 8.01. The largest absolute Gasteiger partial charge is 0.300 e. The van der Waals surface area contributed by atoms with Crippen LogP contribution in [0.3, 0.4) is 0 Å². The number of hydrogen-bond acceptors (Lipinski definition) is 3. The van der Waals surface area contributed by atoms with Crippen molar-refractivity contribution in [3.63, 3.8) is 0 Å². The summed E-state index contributed by atoms with van der Waals surface area (Å²) in [7, 11) is 0. The first kappa shape index (κ1) is 8.61. The molecule has 3 heteroatoms. The van der Waals surface area contributed by atoms with Gasteiger partial charge in [-0.05, 0) is 12.2 Å². The molecular weight excluding hydrogens is 158 g/mol. The zero-order valence-corrected chi connectivity index (χ0v) is 7.41. The first-order valence-electron chi connectivity index (χ1n) is 3.79. The molecule has 0 aromatic carbocycles. The van der Waals surface area contributed by atoms with Gasteiger partial charge >= 0.3 is 0 Å². The maximum atomic E-state index is 10.7. The number of hydrogen-bond donors (Lipinski definition) is 0. The van der Waals surface area contributed by atoms with Gasteiger partial charge in [0, 0.05) is 12.8 Å². The number of nitrogens with zero attached hydrogens (tertiary/aromatic N) is 1. The van der Waals surface area contributed by atoms with E-state index >= 15 is 0 Å². The summed E-state index contributed by atoms with van der Waals surface area (Å²) in [6, 6.07) is 2.22. The number of carbonyl (C=O) groups excluding carboxylic acids is 1. The van der Waals surface area contributed by atoms with Crippen molar-refractivity contribution >= 4 is 17.5 Å². The van der Waals surface area contributed by atoms with Crippen LogP contribution in [0.1, 0.15) is 26.2 Å². The molecule has 0 heterocycles. The molecule has 0 aromatic rings. The normalized spacial score (nSPS) is 20.5. The van der Waals surface area contributed by atoms with Gasteiger partial charge in [-0.3, -0.25) is 4.79 Å². The van der Waals surface area contributed by atoms with Gasteiger partial charge in [-0.25, -0.2) is 0 Å². The molecule has 0 atom stereocenters. The number of rotatable bonds is 3. The lowest BCUT2D eigenvalue weighted by Crippen LogP contribution is -2.40. The Labute approximate surface area is 71.0 Å². The van der Waals surface area contributed by atoms with Crippen molar-refractivity contribution in [1.82, 2.24) is 0 Å². The molecule has 1 aliphatic rings. The summed E-state index contributed by atoms with van der Waals surface area (Å²) < 4.78 is -0.340. The van der Waals surface area contributed by atoms with Crippen LogP contribution < -0.4 is 0 Å². The standard InChI is InChI=1S/C8H11NOS/c1-2-3-11-8(6-9)4-7(10)5-8/h2-5H2,1H3. The lowest BCUT2D eigenvalue weighted by Gasteiger charge is -2.32. The van der Waals surface area contributed by atoms with Crippen molar-refractivity contribution in [3.05, 3.63) is 0 Å². The average Bonchev–Trinajstić information content (AvgIpc) is 1.96. The molecule has 60 valence electrons. The molecule has 0 amide bonds. The summed E-state index contributed by atoms with van der Waals surface area (Å²) in [6.45, 7) is 2.08. The van der Waals surface area contributed by atoms with Crippen molar-refractivity contribution < 1.29 is 4.79 Å². The molecule has 0 unspecified atom stereocenters. The predicted octanol–water partition coefficient (Wildman–Crippen LogP) is 1.75. The lowest BCUT2D eigenvalue weighted by molar-refractivity contribution is -0.124. The third-order valence-corrected chi connectivity index (χ3v) is 3.30. The van der Waals surface area contributed by atoms with Crippen molar-refractivity contribution in [3.8, 4) is 6.07 Å². The summed E-state index contributed by atoms with van der Waals surface area (Å²) in [6.07, 6.45) is 2.00. The van der Waals surface area contributed by atoms with E-state index in [9.17, 15) is 4.79 Å². The minimum absolute atomic E-state index is 0.232. The Morgan fingerprint density at radius 3 is 2.73 bits per heavy atom. The molecule has 0 spiro atoms. The van der Waals surface area contributed by atoms with Gasteiger partial charge < -0.3 is 0 Å². The Balaban J connectivity index is 2.39. The number of ketones is 1. The van der Waals surface area contributed by atoms with E-state index in [0.29, 0.717) is 12.8 Å². The first-order valence-corrected chi connectivity index (χ1v) is 4.78. The number of thioether (sulfide) groups is 1. The second-order valence-electron chi connectivity index (χ2n) is 2.85. The van der Waals surface area contributed by atoms with Gasteiger partial charge in [-0.1, -0.05) is 6.92 Å². The SMILES string of the molecule is CCCSC1(C#N)CC(=O)C1. The van der Waals surface area contributed by atoms with Crippen LogP contribution in [-0.2, 0) is 4.79 Å². The summed E-state index contributed by atoms with van der Waals surface area (Å²) >= 11 is 1.63. The van der Waals surface area contributed by atoms with Crippen LogP contribution in [0.25, 0.3) is 0 Å². The quantitative estimate of drug-likeness (QED) is 0.646. The van der Waals surface area contributed by atoms with Gasteiger partial charge in [0.25, 0.3) is 0 Å². The van der Waals surface area contributed by atoms with Gasteiger partial charge in [-0.2, -0.15) is 5.26 Å².